The lowest BCUT2D eigenvalue weighted by Crippen LogP contribution is -2.45. The molecule has 30 heavy (non-hydrogen) atoms. The summed E-state index contributed by atoms with van der Waals surface area (Å²) in [4.78, 5) is 30.5. The zero-order valence-corrected chi connectivity index (χ0v) is 19.3. The molecule has 0 bridgehead atoms. The van der Waals surface area contributed by atoms with Gasteiger partial charge in [0.1, 0.15) is 5.82 Å². The smallest absolute Gasteiger partial charge is 0.289 e. The molecule has 0 spiro atoms. The maximum atomic E-state index is 12.8. The van der Waals surface area contributed by atoms with Crippen LogP contribution in [0.4, 0.5) is 5.82 Å². The SMILES string of the molecule is Cc1scc2nc(C(=O)NCCCN3CCN(C)CC3)nc(N3CCC(C)CC3)c12. The Kier molecular flexibility index (Phi) is 6.85. The Morgan fingerprint density at radius 3 is 2.63 bits per heavy atom. The first-order chi connectivity index (χ1) is 14.5. The molecule has 1 N–H and O–H groups in total. The molecule has 2 aliphatic rings. The van der Waals surface area contributed by atoms with Crippen molar-refractivity contribution in [3.05, 3.63) is 16.1 Å². The van der Waals surface area contributed by atoms with Crippen molar-refractivity contribution in [2.24, 2.45) is 5.92 Å². The molecule has 4 heterocycles. The van der Waals surface area contributed by atoms with E-state index in [2.05, 4.69) is 45.9 Å². The molecule has 0 atom stereocenters. The predicted molar refractivity (Wildman–Crippen MR) is 124 cm³/mol. The van der Waals surface area contributed by atoms with Crippen molar-refractivity contribution in [1.82, 2.24) is 25.1 Å². The fraction of sp³-hybridized carbons (Fsp3) is 0.682. The van der Waals surface area contributed by atoms with Crippen LogP contribution >= 0.6 is 11.3 Å². The van der Waals surface area contributed by atoms with Crippen molar-refractivity contribution in [2.75, 3.05) is 64.3 Å². The molecular formula is C22H34N6OS. The number of anilines is 1. The molecule has 0 aromatic carbocycles. The van der Waals surface area contributed by atoms with E-state index in [0.29, 0.717) is 12.4 Å². The van der Waals surface area contributed by atoms with Gasteiger partial charge >= 0.3 is 0 Å². The number of likely N-dealkylation sites (N-methyl/N-ethyl adjacent to an activating group) is 1. The van der Waals surface area contributed by atoms with E-state index in [1.807, 2.05) is 5.38 Å². The Morgan fingerprint density at radius 2 is 1.90 bits per heavy atom. The molecular weight excluding hydrogens is 396 g/mol. The minimum Gasteiger partial charge on any atom is -0.356 e. The van der Waals surface area contributed by atoms with Crippen LogP contribution in [0.15, 0.2) is 5.38 Å². The van der Waals surface area contributed by atoms with Crippen molar-refractivity contribution in [3.8, 4) is 0 Å². The number of hydrogen-bond donors (Lipinski definition) is 1. The summed E-state index contributed by atoms with van der Waals surface area (Å²) >= 11 is 1.68. The molecule has 1 amide bonds. The standard InChI is InChI=1S/C22H34N6OS/c1-16-5-9-28(10-6-16)21-19-17(2)30-15-18(19)24-20(25-21)22(29)23-7-4-8-27-13-11-26(3)12-14-27/h15-16H,4-14H2,1-3H3,(H,23,29). The van der Waals surface area contributed by atoms with E-state index in [1.165, 1.54) is 17.7 Å². The molecule has 4 rings (SSSR count). The average molecular weight is 431 g/mol. The minimum atomic E-state index is -0.161. The number of amides is 1. The second kappa shape index (κ2) is 9.58. The number of thiophene rings is 1. The Hall–Kier alpha value is -1.77. The van der Waals surface area contributed by atoms with Crippen molar-refractivity contribution in [2.45, 2.75) is 33.1 Å². The largest absolute Gasteiger partial charge is 0.356 e. The molecule has 2 aliphatic heterocycles. The summed E-state index contributed by atoms with van der Waals surface area (Å²) in [5, 5.41) is 6.20. The van der Waals surface area contributed by atoms with Crippen LogP contribution < -0.4 is 10.2 Å². The highest BCUT2D eigenvalue weighted by atomic mass is 32.1. The summed E-state index contributed by atoms with van der Waals surface area (Å²) in [5.41, 5.74) is 0.892. The van der Waals surface area contributed by atoms with Crippen LogP contribution in [0, 0.1) is 12.8 Å². The highest BCUT2D eigenvalue weighted by Crippen LogP contribution is 2.33. The predicted octanol–water partition coefficient (Wildman–Crippen LogP) is 2.60. The number of hydrogen-bond acceptors (Lipinski definition) is 7. The van der Waals surface area contributed by atoms with E-state index in [1.54, 1.807) is 11.3 Å². The number of piperazine rings is 1. The Labute approximate surface area is 183 Å². The number of aromatic nitrogens is 2. The second-order valence-electron chi connectivity index (χ2n) is 8.85. The van der Waals surface area contributed by atoms with Gasteiger partial charge in [0, 0.05) is 56.1 Å². The molecule has 0 aliphatic carbocycles. The van der Waals surface area contributed by atoms with Gasteiger partial charge in [-0.2, -0.15) is 0 Å². The molecule has 2 saturated heterocycles. The maximum Gasteiger partial charge on any atom is 0.289 e. The van der Waals surface area contributed by atoms with Crippen molar-refractivity contribution < 1.29 is 4.79 Å². The fourth-order valence-electron chi connectivity index (χ4n) is 4.30. The zero-order valence-electron chi connectivity index (χ0n) is 18.5. The van der Waals surface area contributed by atoms with E-state index in [0.717, 1.165) is 74.9 Å². The van der Waals surface area contributed by atoms with Gasteiger partial charge in [0.15, 0.2) is 0 Å². The maximum absolute atomic E-state index is 12.8. The van der Waals surface area contributed by atoms with Gasteiger partial charge in [-0.25, -0.2) is 9.97 Å². The zero-order chi connectivity index (χ0) is 21.1. The first kappa shape index (κ1) is 21.5. The minimum absolute atomic E-state index is 0.161. The van der Waals surface area contributed by atoms with E-state index >= 15 is 0 Å². The van der Waals surface area contributed by atoms with Crippen LogP contribution in [0.1, 0.15) is 41.7 Å². The van der Waals surface area contributed by atoms with E-state index in [9.17, 15) is 4.79 Å². The number of fused-ring (bicyclic) bond motifs is 1. The number of rotatable bonds is 6. The van der Waals surface area contributed by atoms with Crippen molar-refractivity contribution in [1.29, 1.82) is 0 Å². The molecule has 2 aromatic rings. The summed E-state index contributed by atoms with van der Waals surface area (Å²) in [6, 6.07) is 0. The first-order valence-corrected chi connectivity index (χ1v) is 12.1. The number of aryl methyl sites for hydroxylation is 1. The first-order valence-electron chi connectivity index (χ1n) is 11.2. The van der Waals surface area contributed by atoms with Crippen LogP contribution in [0.25, 0.3) is 10.9 Å². The van der Waals surface area contributed by atoms with Crippen molar-refractivity contribution in [3.63, 3.8) is 0 Å². The molecule has 8 heteroatoms. The summed E-state index contributed by atoms with van der Waals surface area (Å²) < 4.78 is 0. The topological polar surface area (TPSA) is 64.6 Å². The third-order valence-corrected chi connectivity index (χ3v) is 7.33. The third-order valence-electron chi connectivity index (χ3n) is 6.44. The Balaban J connectivity index is 1.40. The van der Waals surface area contributed by atoms with Crippen LogP contribution in [-0.2, 0) is 0 Å². The molecule has 164 valence electrons. The summed E-state index contributed by atoms with van der Waals surface area (Å²) in [7, 11) is 2.17. The van der Waals surface area contributed by atoms with Crippen LogP contribution in [-0.4, -0.2) is 85.1 Å². The van der Waals surface area contributed by atoms with E-state index < -0.39 is 0 Å². The van der Waals surface area contributed by atoms with Gasteiger partial charge in [-0.15, -0.1) is 11.3 Å². The second-order valence-corrected chi connectivity index (χ2v) is 9.93. The van der Waals surface area contributed by atoms with Gasteiger partial charge in [-0.1, -0.05) is 6.92 Å². The van der Waals surface area contributed by atoms with Gasteiger partial charge in [0.2, 0.25) is 5.82 Å². The van der Waals surface area contributed by atoms with Crippen LogP contribution in [0.2, 0.25) is 0 Å². The molecule has 0 unspecified atom stereocenters. The molecule has 2 aromatic heterocycles. The normalized spacial score (nSPS) is 19.5. The number of piperidine rings is 1. The van der Waals surface area contributed by atoms with E-state index in [-0.39, 0.29) is 5.91 Å². The van der Waals surface area contributed by atoms with Crippen LogP contribution in [0.3, 0.4) is 0 Å². The highest BCUT2D eigenvalue weighted by Gasteiger charge is 2.23. The van der Waals surface area contributed by atoms with E-state index in [4.69, 9.17) is 4.98 Å². The van der Waals surface area contributed by atoms with Crippen molar-refractivity contribution >= 4 is 34.0 Å². The lowest BCUT2D eigenvalue weighted by Gasteiger charge is -2.32. The monoisotopic (exact) mass is 430 g/mol. The molecule has 2 fully saturated rings. The molecule has 0 saturated carbocycles. The molecule has 0 radical (unpaired) electrons. The van der Waals surface area contributed by atoms with Gasteiger partial charge in [0.05, 0.1) is 10.9 Å². The van der Waals surface area contributed by atoms with Crippen LogP contribution in [0.5, 0.6) is 0 Å². The number of nitrogens with zero attached hydrogens (tertiary/aromatic N) is 5. The molecule has 7 nitrogen and oxygen atoms in total. The average Bonchev–Trinajstić information content (AvgIpc) is 3.13. The van der Waals surface area contributed by atoms with Gasteiger partial charge in [-0.3, -0.25) is 4.79 Å². The lowest BCUT2D eigenvalue weighted by atomic mass is 9.99. The third kappa shape index (κ3) is 4.92. The number of nitrogens with one attached hydrogen (secondary N) is 1. The summed E-state index contributed by atoms with van der Waals surface area (Å²) in [6.45, 7) is 12.6. The summed E-state index contributed by atoms with van der Waals surface area (Å²) in [5.74, 6) is 1.83. The van der Waals surface area contributed by atoms with Gasteiger partial charge in [-0.05, 0) is 45.7 Å². The Bertz CT molecular complexity index is 868. The van der Waals surface area contributed by atoms with Gasteiger partial charge < -0.3 is 20.0 Å². The number of carbonyl (C=O) groups is 1. The Morgan fingerprint density at radius 1 is 1.17 bits per heavy atom. The highest BCUT2D eigenvalue weighted by molar-refractivity contribution is 7.11. The fourth-order valence-corrected chi connectivity index (χ4v) is 5.07. The quantitative estimate of drug-likeness (QED) is 0.711. The van der Waals surface area contributed by atoms with Gasteiger partial charge in [0.25, 0.3) is 5.91 Å². The number of carbonyl (C=O) groups excluding carboxylic acids is 1. The lowest BCUT2D eigenvalue weighted by molar-refractivity contribution is 0.0939. The summed E-state index contributed by atoms with van der Waals surface area (Å²) in [6.07, 6.45) is 3.29.